The maximum atomic E-state index is 9.38. The Morgan fingerprint density at radius 3 is 2.58 bits per heavy atom. The Morgan fingerprint density at radius 2 is 2.00 bits per heavy atom. The summed E-state index contributed by atoms with van der Waals surface area (Å²) in [7, 11) is 0. The van der Waals surface area contributed by atoms with Gasteiger partial charge in [-0.25, -0.2) is 0 Å². The van der Waals surface area contributed by atoms with E-state index >= 15 is 0 Å². The quantitative estimate of drug-likeness (QED) is 0.536. The molecule has 0 amide bonds. The zero-order chi connectivity index (χ0) is 9.14. The Labute approximate surface area is 75.5 Å². The van der Waals surface area contributed by atoms with E-state index < -0.39 is 23.7 Å². The summed E-state index contributed by atoms with van der Waals surface area (Å²) in [5.41, 5.74) is -0.409. The number of hydrogen-bond donors (Lipinski definition) is 3. The van der Waals surface area contributed by atoms with Gasteiger partial charge < -0.3 is 20.1 Å². The normalized spacial score (nSPS) is 43.0. The third-order valence-corrected chi connectivity index (χ3v) is 2.86. The molecule has 1 unspecified atom stereocenters. The van der Waals surface area contributed by atoms with E-state index in [4.69, 9.17) is 9.84 Å². The minimum absolute atomic E-state index is 0.0931. The van der Waals surface area contributed by atoms with Crippen molar-refractivity contribution in [2.24, 2.45) is 0 Å². The van der Waals surface area contributed by atoms with Crippen LogP contribution in [0.15, 0.2) is 0 Å². The van der Waals surface area contributed by atoms with Gasteiger partial charge in [0.15, 0.2) is 0 Å². The summed E-state index contributed by atoms with van der Waals surface area (Å²) in [4.78, 5) is 0. The van der Waals surface area contributed by atoms with Gasteiger partial charge in [0, 0.05) is 0 Å². The van der Waals surface area contributed by atoms with Crippen LogP contribution in [-0.4, -0.2) is 51.4 Å². The molecule has 1 fully saturated rings. The van der Waals surface area contributed by atoms with Crippen molar-refractivity contribution < 1.29 is 20.1 Å². The van der Waals surface area contributed by atoms with Crippen LogP contribution < -0.4 is 0 Å². The van der Waals surface area contributed by atoms with E-state index in [0.29, 0.717) is 0 Å². The smallest absolute Gasteiger partial charge is 0.131 e. The summed E-state index contributed by atoms with van der Waals surface area (Å²) in [5.74, 6) is 0.810. The zero-order valence-electron chi connectivity index (χ0n) is 6.88. The van der Waals surface area contributed by atoms with E-state index in [2.05, 4.69) is 0 Å². The van der Waals surface area contributed by atoms with E-state index in [1.54, 1.807) is 0 Å². The number of ether oxygens (including phenoxy) is 1. The predicted molar refractivity (Wildman–Crippen MR) is 45.9 cm³/mol. The molecule has 0 aliphatic carbocycles. The first-order chi connectivity index (χ1) is 5.66. The van der Waals surface area contributed by atoms with Crippen molar-refractivity contribution in [3.8, 4) is 0 Å². The number of hydrogen-bond acceptors (Lipinski definition) is 5. The van der Waals surface area contributed by atoms with Gasteiger partial charge in [-0.3, -0.25) is 0 Å². The Bertz CT molecular complexity index is 143. The van der Waals surface area contributed by atoms with Crippen LogP contribution >= 0.6 is 11.8 Å². The summed E-state index contributed by atoms with van der Waals surface area (Å²) in [5, 5.41) is 27.7. The maximum absolute atomic E-state index is 9.38. The lowest BCUT2D eigenvalue weighted by Crippen LogP contribution is -2.51. The van der Waals surface area contributed by atoms with Crippen molar-refractivity contribution in [2.45, 2.75) is 30.7 Å². The van der Waals surface area contributed by atoms with E-state index in [-0.39, 0.29) is 6.61 Å². The second kappa shape index (κ2) is 4.43. The molecule has 3 N–H and O–H groups in total. The number of rotatable bonds is 2. The van der Waals surface area contributed by atoms with E-state index in [0.717, 1.165) is 5.75 Å². The molecule has 5 heteroatoms. The largest absolute Gasteiger partial charge is 0.388 e. The third-order valence-electron chi connectivity index (χ3n) is 1.79. The molecule has 1 rings (SSSR count). The second-order valence-corrected chi connectivity index (χ2v) is 4.08. The van der Waals surface area contributed by atoms with Crippen molar-refractivity contribution >= 4 is 11.8 Å². The molecule has 0 radical (unpaired) electrons. The zero-order valence-corrected chi connectivity index (χ0v) is 7.70. The van der Waals surface area contributed by atoms with Crippen LogP contribution in [0.3, 0.4) is 0 Å². The minimum Gasteiger partial charge on any atom is -0.388 e. The first-order valence-electron chi connectivity index (χ1n) is 3.94. The lowest BCUT2D eigenvalue weighted by atomic mass is 10.1. The fourth-order valence-electron chi connectivity index (χ4n) is 1.09. The lowest BCUT2D eigenvalue weighted by Gasteiger charge is -2.34. The van der Waals surface area contributed by atoms with Crippen LogP contribution in [0.4, 0.5) is 0 Å². The van der Waals surface area contributed by atoms with Gasteiger partial charge in [0.2, 0.25) is 0 Å². The Morgan fingerprint density at radius 1 is 1.33 bits per heavy atom. The van der Waals surface area contributed by atoms with Gasteiger partial charge in [-0.15, -0.1) is 11.8 Å². The molecule has 1 aliphatic heterocycles. The molecule has 0 aromatic carbocycles. The highest BCUT2D eigenvalue weighted by Gasteiger charge is 2.37. The van der Waals surface area contributed by atoms with Gasteiger partial charge >= 0.3 is 0 Å². The number of thioether (sulfide) groups is 1. The van der Waals surface area contributed by atoms with E-state index in [1.165, 1.54) is 11.8 Å². The molecule has 1 heterocycles. The van der Waals surface area contributed by atoms with Crippen LogP contribution in [0.1, 0.15) is 6.92 Å². The van der Waals surface area contributed by atoms with Crippen LogP contribution in [0, 0.1) is 0 Å². The van der Waals surface area contributed by atoms with Gasteiger partial charge in [-0.1, -0.05) is 6.92 Å². The van der Waals surface area contributed by atoms with Gasteiger partial charge in [0.05, 0.1) is 6.61 Å². The average Bonchev–Trinajstić information content (AvgIpc) is 2.07. The molecule has 4 nitrogen and oxygen atoms in total. The van der Waals surface area contributed by atoms with Crippen molar-refractivity contribution in [3.05, 3.63) is 0 Å². The molecule has 4 atom stereocenters. The first kappa shape index (κ1) is 10.3. The summed E-state index contributed by atoms with van der Waals surface area (Å²) in [6.45, 7) is 2.04. The Kier molecular flexibility index (Phi) is 3.79. The molecule has 1 aliphatic rings. The van der Waals surface area contributed by atoms with Crippen molar-refractivity contribution in [1.82, 2.24) is 0 Å². The van der Waals surface area contributed by atoms with Crippen molar-refractivity contribution in [3.63, 3.8) is 0 Å². The molecule has 0 bridgehead atoms. The molecule has 12 heavy (non-hydrogen) atoms. The molecule has 0 spiro atoms. The molecular weight excluding hydrogens is 180 g/mol. The highest BCUT2D eigenvalue weighted by molar-refractivity contribution is 7.99. The molecule has 0 aromatic heterocycles. The number of aliphatic hydroxyl groups is 3. The topological polar surface area (TPSA) is 69.9 Å². The van der Waals surface area contributed by atoms with Gasteiger partial charge in [0.25, 0.3) is 0 Å². The van der Waals surface area contributed by atoms with E-state index in [1.807, 2.05) is 6.92 Å². The SMILES string of the molecule is CCSC1OC[C@@H](O)[C@H](O)[C@H]1O. The fraction of sp³-hybridized carbons (Fsp3) is 1.00. The summed E-state index contributed by atoms with van der Waals surface area (Å²) in [6, 6.07) is 0. The third kappa shape index (κ3) is 2.11. The van der Waals surface area contributed by atoms with Crippen LogP contribution in [0.2, 0.25) is 0 Å². The molecule has 1 saturated heterocycles. The predicted octanol–water partition coefficient (Wildman–Crippen LogP) is -0.822. The summed E-state index contributed by atoms with van der Waals surface area (Å²) in [6.07, 6.45) is -3.03. The molecule has 0 aromatic rings. The minimum atomic E-state index is -1.08. The van der Waals surface area contributed by atoms with Crippen LogP contribution in [-0.2, 0) is 4.74 Å². The average molecular weight is 194 g/mol. The van der Waals surface area contributed by atoms with Gasteiger partial charge in [0.1, 0.15) is 23.7 Å². The Balaban J connectivity index is 2.46. The van der Waals surface area contributed by atoms with Crippen molar-refractivity contribution in [2.75, 3.05) is 12.4 Å². The van der Waals surface area contributed by atoms with Crippen molar-refractivity contribution in [1.29, 1.82) is 0 Å². The van der Waals surface area contributed by atoms with E-state index in [9.17, 15) is 10.2 Å². The fourth-order valence-corrected chi connectivity index (χ4v) is 1.95. The van der Waals surface area contributed by atoms with Gasteiger partial charge in [-0.05, 0) is 5.75 Å². The monoisotopic (exact) mass is 194 g/mol. The number of aliphatic hydroxyl groups excluding tert-OH is 3. The highest BCUT2D eigenvalue weighted by atomic mass is 32.2. The van der Waals surface area contributed by atoms with Gasteiger partial charge in [-0.2, -0.15) is 0 Å². The first-order valence-corrected chi connectivity index (χ1v) is 4.99. The molecular formula is C7H14O4S. The second-order valence-electron chi connectivity index (χ2n) is 2.71. The van der Waals surface area contributed by atoms with Crippen LogP contribution in [0.5, 0.6) is 0 Å². The Hall–Kier alpha value is 0.190. The highest BCUT2D eigenvalue weighted by Crippen LogP contribution is 2.24. The summed E-state index contributed by atoms with van der Waals surface area (Å²) < 4.78 is 5.12. The molecule has 0 saturated carbocycles. The maximum Gasteiger partial charge on any atom is 0.131 e. The standard InChI is InChI=1S/C7H14O4S/c1-2-12-7-6(10)5(9)4(8)3-11-7/h4-10H,2-3H2,1H3/t4-,5+,6-,7?/m1/s1. The molecule has 72 valence electrons. The summed E-state index contributed by atoms with van der Waals surface area (Å²) >= 11 is 1.42. The van der Waals surface area contributed by atoms with Crippen LogP contribution in [0.25, 0.3) is 0 Å². The lowest BCUT2D eigenvalue weighted by molar-refractivity contribution is -0.161.